The third-order valence-corrected chi connectivity index (χ3v) is 5.75. The van der Waals surface area contributed by atoms with Crippen LogP contribution in [0.3, 0.4) is 0 Å². The quantitative estimate of drug-likeness (QED) is 0.859. The summed E-state index contributed by atoms with van der Waals surface area (Å²) in [6, 6.07) is 5.96. The van der Waals surface area contributed by atoms with Crippen LogP contribution in [0.4, 0.5) is 4.79 Å². The predicted octanol–water partition coefficient (Wildman–Crippen LogP) is 2.72. The van der Waals surface area contributed by atoms with Crippen molar-refractivity contribution in [1.29, 1.82) is 0 Å². The molecule has 2 aromatic heterocycles. The number of urea groups is 1. The van der Waals surface area contributed by atoms with E-state index in [4.69, 9.17) is 0 Å². The van der Waals surface area contributed by atoms with Crippen LogP contribution < -0.4 is 5.32 Å². The molecule has 1 aliphatic heterocycles. The van der Waals surface area contributed by atoms with Crippen LogP contribution in [0.5, 0.6) is 0 Å². The molecule has 136 valence electrons. The molecule has 3 rings (SSSR count). The molecule has 0 aromatic carbocycles. The Balaban J connectivity index is 1.41. The Morgan fingerprint density at radius 1 is 1.44 bits per heavy atom. The van der Waals surface area contributed by atoms with E-state index in [1.54, 1.807) is 11.3 Å². The van der Waals surface area contributed by atoms with Gasteiger partial charge in [-0.05, 0) is 50.1 Å². The van der Waals surface area contributed by atoms with Crippen LogP contribution in [0, 0.1) is 19.8 Å². The summed E-state index contributed by atoms with van der Waals surface area (Å²) in [7, 11) is 0. The molecule has 7 heteroatoms. The first kappa shape index (κ1) is 17.9. The minimum atomic E-state index is -0.406. The Hall–Kier alpha value is -1.86. The lowest BCUT2D eigenvalue weighted by Crippen LogP contribution is -2.45. The van der Waals surface area contributed by atoms with Crippen molar-refractivity contribution in [2.45, 2.75) is 39.3 Å². The van der Waals surface area contributed by atoms with Crippen molar-refractivity contribution < 1.29 is 9.90 Å². The highest BCUT2D eigenvalue weighted by Crippen LogP contribution is 2.32. The molecular weight excluding hydrogens is 336 g/mol. The molecule has 1 saturated heterocycles. The number of thiophene rings is 1. The van der Waals surface area contributed by atoms with Crippen molar-refractivity contribution in [3.05, 3.63) is 39.8 Å². The number of piperidine rings is 1. The van der Waals surface area contributed by atoms with Gasteiger partial charge in [-0.2, -0.15) is 5.10 Å². The number of aromatic nitrogens is 2. The SMILES string of the molecule is Cc1cc(C)n(CCNC(=O)N2CCC([C@H](O)c3cccs3)CC2)n1. The molecule has 1 aliphatic rings. The largest absolute Gasteiger partial charge is 0.387 e. The van der Waals surface area contributed by atoms with Crippen molar-refractivity contribution in [3.63, 3.8) is 0 Å². The number of amides is 2. The molecule has 0 aliphatic carbocycles. The highest BCUT2D eigenvalue weighted by Gasteiger charge is 2.28. The van der Waals surface area contributed by atoms with E-state index in [0.29, 0.717) is 26.2 Å². The van der Waals surface area contributed by atoms with Crippen molar-refractivity contribution >= 4 is 17.4 Å². The van der Waals surface area contributed by atoms with E-state index >= 15 is 0 Å². The average Bonchev–Trinajstić information content (AvgIpc) is 3.24. The number of aliphatic hydroxyl groups excluding tert-OH is 1. The van der Waals surface area contributed by atoms with Crippen LogP contribution in [-0.2, 0) is 6.54 Å². The normalized spacial score (nSPS) is 16.8. The molecule has 25 heavy (non-hydrogen) atoms. The first-order valence-corrected chi connectivity index (χ1v) is 9.68. The molecular formula is C18H26N4O2S. The van der Waals surface area contributed by atoms with Crippen LogP contribution in [0.25, 0.3) is 0 Å². The lowest BCUT2D eigenvalue weighted by molar-refractivity contribution is 0.0690. The van der Waals surface area contributed by atoms with Gasteiger partial charge in [-0.15, -0.1) is 11.3 Å². The van der Waals surface area contributed by atoms with Gasteiger partial charge in [0.2, 0.25) is 0 Å². The summed E-state index contributed by atoms with van der Waals surface area (Å²) in [5, 5.41) is 19.8. The monoisotopic (exact) mass is 362 g/mol. The Morgan fingerprint density at radius 3 is 2.80 bits per heavy atom. The minimum Gasteiger partial charge on any atom is -0.387 e. The highest BCUT2D eigenvalue weighted by atomic mass is 32.1. The van der Waals surface area contributed by atoms with E-state index in [2.05, 4.69) is 10.4 Å². The number of aliphatic hydroxyl groups is 1. The van der Waals surface area contributed by atoms with Gasteiger partial charge in [0.1, 0.15) is 0 Å². The summed E-state index contributed by atoms with van der Waals surface area (Å²) in [6.07, 6.45) is 1.27. The standard InChI is InChI=1S/C18H26N4O2S/c1-13-12-14(2)22(20-13)10-7-19-18(24)21-8-5-15(6-9-21)17(23)16-4-3-11-25-16/h3-4,11-12,15,17,23H,5-10H2,1-2H3,(H,19,24)/t17-/m0/s1. The fourth-order valence-electron chi connectivity index (χ4n) is 3.39. The van der Waals surface area contributed by atoms with Crippen molar-refractivity contribution in [3.8, 4) is 0 Å². The molecule has 0 saturated carbocycles. The lowest BCUT2D eigenvalue weighted by Gasteiger charge is -2.34. The van der Waals surface area contributed by atoms with Gasteiger partial charge in [0.15, 0.2) is 0 Å². The summed E-state index contributed by atoms with van der Waals surface area (Å²) in [4.78, 5) is 15.2. The maximum atomic E-state index is 12.3. The molecule has 0 spiro atoms. The molecule has 1 fully saturated rings. The molecule has 0 bridgehead atoms. The maximum absolute atomic E-state index is 12.3. The van der Waals surface area contributed by atoms with Gasteiger partial charge < -0.3 is 15.3 Å². The van der Waals surface area contributed by atoms with E-state index in [1.807, 2.05) is 47.0 Å². The van der Waals surface area contributed by atoms with Crippen LogP contribution in [0.1, 0.15) is 35.2 Å². The van der Waals surface area contributed by atoms with E-state index in [1.165, 1.54) is 0 Å². The van der Waals surface area contributed by atoms with Crippen LogP contribution in [-0.4, -0.2) is 45.5 Å². The number of rotatable bonds is 5. The van der Waals surface area contributed by atoms with Crippen molar-refractivity contribution in [2.24, 2.45) is 5.92 Å². The summed E-state index contributed by atoms with van der Waals surface area (Å²) >= 11 is 1.59. The molecule has 1 atom stereocenters. The number of nitrogens with zero attached hydrogens (tertiary/aromatic N) is 3. The Kier molecular flexibility index (Phi) is 5.75. The molecule has 2 N–H and O–H groups in total. The Bertz CT molecular complexity index is 690. The highest BCUT2D eigenvalue weighted by molar-refractivity contribution is 7.10. The molecule has 2 amide bonds. The Morgan fingerprint density at radius 2 is 2.20 bits per heavy atom. The molecule has 6 nitrogen and oxygen atoms in total. The summed E-state index contributed by atoms with van der Waals surface area (Å²) in [5.74, 6) is 0.234. The number of likely N-dealkylation sites (tertiary alicyclic amines) is 1. The number of hydrogen-bond acceptors (Lipinski definition) is 4. The first-order chi connectivity index (χ1) is 12.0. The van der Waals surface area contributed by atoms with Gasteiger partial charge in [0.05, 0.1) is 18.3 Å². The second-order valence-corrected chi connectivity index (χ2v) is 7.65. The van der Waals surface area contributed by atoms with Gasteiger partial charge >= 0.3 is 6.03 Å². The number of carbonyl (C=O) groups is 1. The second kappa shape index (κ2) is 8.01. The van der Waals surface area contributed by atoms with Gasteiger partial charge in [-0.3, -0.25) is 4.68 Å². The van der Waals surface area contributed by atoms with E-state index < -0.39 is 6.10 Å². The summed E-state index contributed by atoms with van der Waals surface area (Å²) in [5.41, 5.74) is 2.10. The van der Waals surface area contributed by atoms with E-state index in [-0.39, 0.29) is 11.9 Å². The van der Waals surface area contributed by atoms with Gasteiger partial charge in [-0.25, -0.2) is 4.79 Å². The minimum absolute atomic E-state index is 0.0226. The second-order valence-electron chi connectivity index (χ2n) is 6.67. The van der Waals surface area contributed by atoms with Crippen LogP contribution in [0.15, 0.2) is 23.6 Å². The number of hydrogen-bond donors (Lipinski definition) is 2. The number of carbonyl (C=O) groups excluding carboxylic acids is 1. The summed E-state index contributed by atoms with van der Waals surface area (Å²) in [6.45, 7) is 6.62. The zero-order valence-electron chi connectivity index (χ0n) is 14.8. The topological polar surface area (TPSA) is 70.4 Å². The molecule has 0 radical (unpaired) electrons. The zero-order valence-corrected chi connectivity index (χ0v) is 15.6. The average molecular weight is 362 g/mol. The fraction of sp³-hybridized carbons (Fsp3) is 0.556. The van der Waals surface area contributed by atoms with Crippen molar-refractivity contribution in [1.82, 2.24) is 20.0 Å². The summed E-state index contributed by atoms with van der Waals surface area (Å²) < 4.78 is 1.92. The van der Waals surface area contributed by atoms with Crippen molar-refractivity contribution in [2.75, 3.05) is 19.6 Å². The van der Waals surface area contributed by atoms with Crippen LogP contribution >= 0.6 is 11.3 Å². The Labute approximate surface area is 152 Å². The van der Waals surface area contributed by atoms with E-state index in [0.717, 1.165) is 29.1 Å². The predicted molar refractivity (Wildman–Crippen MR) is 98.7 cm³/mol. The van der Waals surface area contributed by atoms with Gasteiger partial charge in [0, 0.05) is 30.2 Å². The molecule has 0 unspecified atom stereocenters. The lowest BCUT2D eigenvalue weighted by atomic mass is 9.90. The first-order valence-electron chi connectivity index (χ1n) is 8.80. The van der Waals surface area contributed by atoms with Gasteiger partial charge in [-0.1, -0.05) is 6.07 Å². The number of nitrogens with one attached hydrogen (secondary N) is 1. The molecule has 3 heterocycles. The maximum Gasteiger partial charge on any atom is 0.317 e. The number of aryl methyl sites for hydroxylation is 2. The third kappa shape index (κ3) is 4.41. The van der Waals surface area contributed by atoms with Crippen LogP contribution in [0.2, 0.25) is 0 Å². The third-order valence-electron chi connectivity index (χ3n) is 4.81. The van der Waals surface area contributed by atoms with E-state index in [9.17, 15) is 9.90 Å². The molecule has 2 aromatic rings. The van der Waals surface area contributed by atoms with Gasteiger partial charge in [0.25, 0.3) is 0 Å². The fourth-order valence-corrected chi connectivity index (χ4v) is 4.20. The smallest absolute Gasteiger partial charge is 0.317 e. The zero-order chi connectivity index (χ0) is 17.8.